The molecule has 0 spiro atoms. The molecule has 0 saturated carbocycles. The Labute approximate surface area is 175 Å². The van der Waals surface area contributed by atoms with Crippen molar-refractivity contribution in [3.8, 4) is 17.1 Å². The summed E-state index contributed by atoms with van der Waals surface area (Å²) in [5.74, 6) is 1.51. The van der Waals surface area contributed by atoms with Gasteiger partial charge in [0.2, 0.25) is 5.91 Å². The summed E-state index contributed by atoms with van der Waals surface area (Å²) in [4.78, 5) is 12.5. The van der Waals surface area contributed by atoms with E-state index in [2.05, 4.69) is 24.3 Å². The molecule has 0 atom stereocenters. The monoisotopic (exact) mass is 426 g/mol. The first-order chi connectivity index (χ1) is 14.2. The summed E-state index contributed by atoms with van der Waals surface area (Å²) in [6.07, 6.45) is 0. The summed E-state index contributed by atoms with van der Waals surface area (Å²) in [7, 11) is 1.63. The van der Waals surface area contributed by atoms with Crippen molar-refractivity contribution >= 4 is 46.1 Å². The SMILES string of the molecule is CCn1c(SCC(=O)Nc2cccc3nsnc23)nnc1-c1ccccc1OC. The number of para-hydroxylation sites is 1. The van der Waals surface area contributed by atoms with Crippen molar-refractivity contribution in [1.29, 1.82) is 0 Å². The lowest BCUT2D eigenvalue weighted by molar-refractivity contribution is -0.113. The number of amides is 1. The summed E-state index contributed by atoms with van der Waals surface area (Å²) in [6.45, 7) is 2.69. The first kappa shape index (κ1) is 19.3. The topological polar surface area (TPSA) is 94.8 Å². The highest BCUT2D eigenvalue weighted by Crippen LogP contribution is 2.31. The van der Waals surface area contributed by atoms with Gasteiger partial charge in [-0.2, -0.15) is 8.75 Å². The second-order valence-electron chi connectivity index (χ2n) is 6.03. The number of hydrogen-bond acceptors (Lipinski definition) is 8. The first-order valence-corrected chi connectivity index (χ1v) is 10.6. The van der Waals surface area contributed by atoms with Gasteiger partial charge in [0, 0.05) is 6.54 Å². The van der Waals surface area contributed by atoms with Gasteiger partial charge in [-0.1, -0.05) is 30.0 Å². The van der Waals surface area contributed by atoms with Crippen molar-refractivity contribution in [2.75, 3.05) is 18.2 Å². The zero-order valence-electron chi connectivity index (χ0n) is 15.8. The van der Waals surface area contributed by atoms with Crippen molar-refractivity contribution < 1.29 is 9.53 Å². The number of fused-ring (bicyclic) bond motifs is 1. The summed E-state index contributed by atoms with van der Waals surface area (Å²) < 4.78 is 15.8. The van der Waals surface area contributed by atoms with Gasteiger partial charge in [0.25, 0.3) is 0 Å². The van der Waals surface area contributed by atoms with Gasteiger partial charge in [-0.05, 0) is 31.2 Å². The minimum atomic E-state index is -0.139. The Kier molecular flexibility index (Phi) is 5.72. The lowest BCUT2D eigenvalue weighted by Gasteiger charge is -2.10. The smallest absolute Gasteiger partial charge is 0.234 e. The van der Waals surface area contributed by atoms with Crippen molar-refractivity contribution in [3.63, 3.8) is 0 Å². The molecule has 0 saturated heterocycles. The summed E-state index contributed by atoms with van der Waals surface area (Å²) in [5, 5.41) is 12.2. The molecule has 0 unspecified atom stereocenters. The second-order valence-corrected chi connectivity index (χ2v) is 7.50. The van der Waals surface area contributed by atoms with E-state index in [9.17, 15) is 4.79 Å². The predicted octanol–water partition coefficient (Wildman–Crippen LogP) is 3.71. The molecule has 10 heteroatoms. The molecule has 0 radical (unpaired) electrons. The van der Waals surface area contributed by atoms with Crippen LogP contribution < -0.4 is 10.1 Å². The molecule has 29 heavy (non-hydrogen) atoms. The van der Waals surface area contributed by atoms with E-state index in [0.29, 0.717) is 28.7 Å². The van der Waals surface area contributed by atoms with Gasteiger partial charge >= 0.3 is 0 Å². The lowest BCUT2D eigenvalue weighted by atomic mass is 10.2. The van der Waals surface area contributed by atoms with Crippen LogP contribution in [-0.4, -0.2) is 42.3 Å². The molecule has 0 bridgehead atoms. The van der Waals surface area contributed by atoms with Gasteiger partial charge in [0.15, 0.2) is 11.0 Å². The number of ether oxygens (including phenoxy) is 1. The normalized spacial score (nSPS) is 11.0. The molecule has 0 aliphatic carbocycles. The number of nitrogens with zero attached hydrogens (tertiary/aromatic N) is 5. The largest absolute Gasteiger partial charge is 0.496 e. The highest BCUT2D eigenvalue weighted by atomic mass is 32.2. The molecule has 4 rings (SSSR count). The third-order valence-corrected chi connectivity index (χ3v) is 5.78. The van der Waals surface area contributed by atoms with E-state index < -0.39 is 0 Å². The number of anilines is 1. The highest BCUT2D eigenvalue weighted by molar-refractivity contribution is 7.99. The molecular weight excluding hydrogens is 408 g/mol. The van der Waals surface area contributed by atoms with Gasteiger partial charge in [-0.3, -0.25) is 4.79 Å². The summed E-state index contributed by atoms with van der Waals surface area (Å²) in [6, 6.07) is 13.2. The van der Waals surface area contributed by atoms with Crippen LogP contribution in [0.1, 0.15) is 6.92 Å². The average Bonchev–Trinajstić information content (AvgIpc) is 3.39. The molecule has 0 fully saturated rings. The standard InChI is InChI=1S/C19H18N6O2S2/c1-3-25-18(12-7-4-5-10-15(12)27-2)21-22-19(25)28-11-16(26)20-13-8-6-9-14-17(13)24-29-23-14/h4-10H,3,11H2,1-2H3,(H,20,26). The van der Waals surface area contributed by atoms with Crippen LogP contribution in [0.5, 0.6) is 5.75 Å². The Balaban J connectivity index is 1.49. The van der Waals surface area contributed by atoms with E-state index in [-0.39, 0.29) is 11.7 Å². The molecule has 2 aromatic heterocycles. The van der Waals surface area contributed by atoms with Gasteiger partial charge in [-0.15, -0.1) is 10.2 Å². The number of benzene rings is 2. The zero-order valence-corrected chi connectivity index (χ0v) is 17.5. The number of aromatic nitrogens is 5. The molecule has 4 aromatic rings. The molecule has 0 aliphatic heterocycles. The molecular formula is C19H18N6O2S2. The molecule has 8 nitrogen and oxygen atoms in total. The van der Waals surface area contributed by atoms with Crippen LogP contribution in [0.4, 0.5) is 5.69 Å². The molecule has 148 valence electrons. The van der Waals surface area contributed by atoms with E-state index in [1.54, 1.807) is 7.11 Å². The number of thioether (sulfide) groups is 1. The maximum Gasteiger partial charge on any atom is 0.234 e. The summed E-state index contributed by atoms with van der Waals surface area (Å²) in [5.41, 5.74) is 3.00. The number of rotatable bonds is 7. The number of carbonyl (C=O) groups excluding carboxylic acids is 1. The van der Waals surface area contributed by atoms with Crippen molar-refractivity contribution in [3.05, 3.63) is 42.5 Å². The Morgan fingerprint density at radius 2 is 2.03 bits per heavy atom. The molecule has 1 amide bonds. The number of nitrogens with one attached hydrogen (secondary N) is 1. The number of methoxy groups -OCH3 is 1. The maximum absolute atomic E-state index is 12.5. The van der Waals surface area contributed by atoms with Gasteiger partial charge < -0.3 is 14.6 Å². The van der Waals surface area contributed by atoms with E-state index in [1.165, 1.54) is 11.8 Å². The predicted molar refractivity (Wildman–Crippen MR) is 114 cm³/mol. The fourth-order valence-corrected chi connectivity index (χ4v) is 4.28. The van der Waals surface area contributed by atoms with Crippen LogP contribution in [0.3, 0.4) is 0 Å². The zero-order chi connectivity index (χ0) is 20.2. The van der Waals surface area contributed by atoms with Crippen molar-refractivity contribution in [2.24, 2.45) is 0 Å². The number of carbonyl (C=O) groups is 1. The average molecular weight is 427 g/mol. The Morgan fingerprint density at radius 3 is 2.86 bits per heavy atom. The number of hydrogen-bond donors (Lipinski definition) is 1. The third kappa shape index (κ3) is 3.94. The first-order valence-electron chi connectivity index (χ1n) is 8.91. The Hall–Kier alpha value is -2.98. The van der Waals surface area contributed by atoms with Gasteiger partial charge in [0.05, 0.1) is 35.8 Å². The maximum atomic E-state index is 12.5. The quantitative estimate of drug-likeness (QED) is 0.450. The van der Waals surface area contributed by atoms with Crippen molar-refractivity contribution in [2.45, 2.75) is 18.6 Å². The molecule has 2 heterocycles. The fraction of sp³-hybridized carbons (Fsp3) is 0.211. The lowest BCUT2D eigenvalue weighted by Crippen LogP contribution is -2.15. The van der Waals surface area contributed by atoms with E-state index in [0.717, 1.165) is 28.6 Å². The second kappa shape index (κ2) is 8.58. The third-order valence-electron chi connectivity index (χ3n) is 4.27. The van der Waals surface area contributed by atoms with Crippen LogP contribution in [0.2, 0.25) is 0 Å². The fourth-order valence-electron chi connectivity index (χ4n) is 2.93. The Bertz CT molecular complexity index is 1160. The van der Waals surface area contributed by atoms with Crippen LogP contribution >= 0.6 is 23.5 Å². The van der Waals surface area contributed by atoms with Crippen molar-refractivity contribution in [1.82, 2.24) is 23.5 Å². The van der Waals surface area contributed by atoms with Crippen LogP contribution in [0, 0.1) is 0 Å². The van der Waals surface area contributed by atoms with E-state index >= 15 is 0 Å². The molecule has 2 aromatic carbocycles. The Morgan fingerprint density at radius 1 is 1.17 bits per heavy atom. The van der Waals surface area contributed by atoms with Gasteiger partial charge in [-0.25, -0.2) is 0 Å². The van der Waals surface area contributed by atoms with Crippen LogP contribution in [-0.2, 0) is 11.3 Å². The minimum Gasteiger partial charge on any atom is -0.496 e. The van der Waals surface area contributed by atoms with Crippen LogP contribution in [0.25, 0.3) is 22.4 Å². The van der Waals surface area contributed by atoms with Crippen LogP contribution in [0.15, 0.2) is 47.6 Å². The summed E-state index contributed by atoms with van der Waals surface area (Å²) >= 11 is 2.46. The van der Waals surface area contributed by atoms with Gasteiger partial charge in [0.1, 0.15) is 16.8 Å². The molecule has 0 aliphatic rings. The van der Waals surface area contributed by atoms with E-state index in [1.807, 2.05) is 54.0 Å². The molecule has 1 N–H and O–H groups in total. The minimum absolute atomic E-state index is 0.139. The highest BCUT2D eigenvalue weighted by Gasteiger charge is 2.17. The van der Waals surface area contributed by atoms with E-state index in [4.69, 9.17) is 4.74 Å².